The molecule has 0 spiro atoms. The van der Waals surface area contributed by atoms with Gasteiger partial charge in [0.2, 0.25) is 5.91 Å². The van der Waals surface area contributed by atoms with Crippen LogP contribution in [0.25, 0.3) is 10.6 Å². The third kappa shape index (κ3) is 4.92. The summed E-state index contributed by atoms with van der Waals surface area (Å²) in [5.41, 5.74) is 4.36. The van der Waals surface area contributed by atoms with Gasteiger partial charge in [0, 0.05) is 23.9 Å². The molecule has 3 aromatic rings. The second-order valence-corrected chi connectivity index (χ2v) is 6.99. The van der Waals surface area contributed by atoms with E-state index in [4.69, 9.17) is 4.74 Å². The van der Waals surface area contributed by atoms with Gasteiger partial charge in [0.05, 0.1) is 19.2 Å². The Labute approximate surface area is 157 Å². The zero-order valence-electron chi connectivity index (χ0n) is 15.0. The number of carbonyl (C=O) groups is 1. The number of nitrogens with one attached hydrogen (secondary N) is 1. The van der Waals surface area contributed by atoms with Crippen molar-refractivity contribution in [2.45, 2.75) is 19.8 Å². The third-order valence-corrected chi connectivity index (χ3v) is 5.02. The van der Waals surface area contributed by atoms with Crippen molar-refractivity contribution in [3.05, 3.63) is 70.7 Å². The second-order valence-electron chi connectivity index (χ2n) is 6.13. The molecule has 3 rings (SSSR count). The zero-order valence-corrected chi connectivity index (χ0v) is 15.8. The Balaban J connectivity index is 1.47. The monoisotopic (exact) mass is 366 g/mol. The predicted octanol–water partition coefficient (Wildman–Crippen LogP) is 4.03. The number of amides is 1. The van der Waals surface area contributed by atoms with Crippen LogP contribution in [0.5, 0.6) is 5.75 Å². The lowest BCUT2D eigenvalue weighted by Gasteiger charge is -2.05. The van der Waals surface area contributed by atoms with Gasteiger partial charge in [0.1, 0.15) is 10.8 Å². The van der Waals surface area contributed by atoms with Gasteiger partial charge < -0.3 is 10.1 Å². The van der Waals surface area contributed by atoms with Gasteiger partial charge >= 0.3 is 0 Å². The number of nitrogens with zero attached hydrogens (tertiary/aromatic N) is 1. The van der Waals surface area contributed by atoms with Gasteiger partial charge in [-0.25, -0.2) is 4.98 Å². The first-order valence-corrected chi connectivity index (χ1v) is 9.43. The van der Waals surface area contributed by atoms with Crippen molar-refractivity contribution in [1.29, 1.82) is 0 Å². The maximum absolute atomic E-state index is 12.1. The van der Waals surface area contributed by atoms with Crippen LogP contribution in [-0.4, -0.2) is 24.5 Å². The minimum Gasteiger partial charge on any atom is -0.497 e. The molecule has 0 saturated carbocycles. The third-order valence-electron chi connectivity index (χ3n) is 4.08. The molecule has 0 saturated heterocycles. The highest BCUT2D eigenvalue weighted by atomic mass is 32.1. The van der Waals surface area contributed by atoms with Crippen LogP contribution in [0.4, 0.5) is 0 Å². The molecule has 0 fully saturated rings. The number of aryl methyl sites for hydroxylation is 1. The first-order valence-electron chi connectivity index (χ1n) is 8.55. The van der Waals surface area contributed by atoms with E-state index in [9.17, 15) is 4.79 Å². The quantitative estimate of drug-likeness (QED) is 0.687. The van der Waals surface area contributed by atoms with E-state index in [2.05, 4.69) is 46.9 Å². The molecule has 1 amide bonds. The van der Waals surface area contributed by atoms with Gasteiger partial charge in [-0.2, -0.15) is 0 Å². The van der Waals surface area contributed by atoms with Gasteiger partial charge in [0.15, 0.2) is 0 Å². The number of hydrogen-bond acceptors (Lipinski definition) is 4. The minimum absolute atomic E-state index is 0.0177. The molecular formula is C21H22N2O2S. The van der Waals surface area contributed by atoms with E-state index in [1.54, 1.807) is 18.4 Å². The summed E-state index contributed by atoms with van der Waals surface area (Å²) in [7, 11) is 1.63. The number of aromatic nitrogens is 1. The van der Waals surface area contributed by atoms with Crippen LogP contribution in [0.15, 0.2) is 53.9 Å². The van der Waals surface area contributed by atoms with Crippen LogP contribution in [0, 0.1) is 6.92 Å². The van der Waals surface area contributed by atoms with Gasteiger partial charge in [0.25, 0.3) is 0 Å². The molecule has 0 aliphatic rings. The molecule has 0 unspecified atom stereocenters. The maximum Gasteiger partial charge on any atom is 0.224 e. The Morgan fingerprint density at radius 1 is 1.12 bits per heavy atom. The maximum atomic E-state index is 12.1. The van der Waals surface area contributed by atoms with Crippen LogP contribution < -0.4 is 10.1 Å². The number of ether oxygens (including phenoxy) is 1. The molecule has 1 heterocycles. The van der Waals surface area contributed by atoms with Crippen LogP contribution in [0.2, 0.25) is 0 Å². The molecule has 1 aromatic heterocycles. The lowest BCUT2D eigenvalue weighted by atomic mass is 10.1. The average Bonchev–Trinajstić information content (AvgIpc) is 3.12. The molecule has 26 heavy (non-hydrogen) atoms. The number of carbonyl (C=O) groups excluding carboxylic acids is 1. The molecule has 134 valence electrons. The van der Waals surface area contributed by atoms with E-state index in [0.29, 0.717) is 13.0 Å². The van der Waals surface area contributed by atoms with E-state index < -0.39 is 0 Å². The average molecular weight is 366 g/mol. The summed E-state index contributed by atoms with van der Waals surface area (Å²) in [4.78, 5) is 16.7. The largest absolute Gasteiger partial charge is 0.497 e. The molecule has 0 atom stereocenters. The van der Waals surface area contributed by atoms with E-state index >= 15 is 0 Å². The van der Waals surface area contributed by atoms with E-state index in [-0.39, 0.29) is 5.91 Å². The van der Waals surface area contributed by atoms with E-state index in [0.717, 1.165) is 34.0 Å². The molecule has 0 bridgehead atoms. The Morgan fingerprint density at radius 3 is 2.54 bits per heavy atom. The van der Waals surface area contributed by atoms with Crippen molar-refractivity contribution < 1.29 is 9.53 Å². The van der Waals surface area contributed by atoms with Crippen molar-refractivity contribution in [2.75, 3.05) is 13.7 Å². The van der Waals surface area contributed by atoms with Crippen molar-refractivity contribution >= 4 is 17.2 Å². The first-order chi connectivity index (χ1) is 12.6. The summed E-state index contributed by atoms with van der Waals surface area (Å²) < 4.78 is 5.12. The fourth-order valence-electron chi connectivity index (χ4n) is 2.57. The molecule has 0 radical (unpaired) electrons. The van der Waals surface area contributed by atoms with Gasteiger partial charge in [-0.1, -0.05) is 42.0 Å². The molecule has 2 aromatic carbocycles. The van der Waals surface area contributed by atoms with Crippen molar-refractivity contribution in [1.82, 2.24) is 10.3 Å². The van der Waals surface area contributed by atoms with Crippen molar-refractivity contribution in [3.8, 4) is 16.3 Å². The van der Waals surface area contributed by atoms with Crippen LogP contribution in [0.1, 0.15) is 16.8 Å². The molecular weight excluding hydrogens is 344 g/mol. The number of thiazole rings is 1. The molecule has 1 N–H and O–H groups in total. The highest BCUT2D eigenvalue weighted by molar-refractivity contribution is 7.13. The zero-order chi connectivity index (χ0) is 18.4. The number of hydrogen-bond donors (Lipinski definition) is 1. The lowest BCUT2D eigenvalue weighted by Crippen LogP contribution is -2.27. The Hall–Kier alpha value is -2.66. The van der Waals surface area contributed by atoms with Crippen LogP contribution >= 0.6 is 11.3 Å². The molecule has 4 nitrogen and oxygen atoms in total. The predicted molar refractivity (Wildman–Crippen MR) is 106 cm³/mol. The summed E-state index contributed by atoms with van der Waals surface area (Å²) in [6, 6.07) is 15.9. The summed E-state index contributed by atoms with van der Waals surface area (Å²) in [6.07, 6.45) is 1.10. The smallest absolute Gasteiger partial charge is 0.224 e. The molecule has 5 heteroatoms. The van der Waals surface area contributed by atoms with Gasteiger partial charge in [-0.05, 0) is 24.6 Å². The fraction of sp³-hybridized carbons (Fsp3) is 0.238. The Morgan fingerprint density at radius 2 is 1.85 bits per heavy atom. The van der Waals surface area contributed by atoms with Crippen LogP contribution in [0.3, 0.4) is 0 Å². The summed E-state index contributed by atoms with van der Waals surface area (Å²) >= 11 is 1.64. The molecule has 0 aliphatic carbocycles. The minimum atomic E-state index is 0.0177. The van der Waals surface area contributed by atoms with E-state index in [1.807, 2.05) is 24.3 Å². The van der Waals surface area contributed by atoms with E-state index in [1.165, 1.54) is 5.56 Å². The standard InChI is InChI=1S/C21H22N2O2S/c1-15-3-7-17(8-4-15)21-23-18(14-26-21)11-12-22-20(24)13-16-5-9-19(25-2)10-6-16/h3-10,14H,11-13H2,1-2H3,(H,22,24). The highest BCUT2D eigenvalue weighted by Gasteiger charge is 2.07. The summed E-state index contributed by atoms with van der Waals surface area (Å²) in [6.45, 7) is 2.66. The highest BCUT2D eigenvalue weighted by Crippen LogP contribution is 2.24. The number of benzene rings is 2. The summed E-state index contributed by atoms with van der Waals surface area (Å²) in [5, 5.41) is 6.04. The lowest BCUT2D eigenvalue weighted by molar-refractivity contribution is -0.120. The second kappa shape index (κ2) is 8.63. The van der Waals surface area contributed by atoms with Gasteiger partial charge in [-0.3, -0.25) is 4.79 Å². The first kappa shape index (κ1) is 18.1. The Bertz CT molecular complexity index is 854. The van der Waals surface area contributed by atoms with Gasteiger partial charge in [-0.15, -0.1) is 11.3 Å². The fourth-order valence-corrected chi connectivity index (χ4v) is 3.43. The molecule has 0 aliphatic heterocycles. The number of methoxy groups -OCH3 is 1. The van der Waals surface area contributed by atoms with Crippen molar-refractivity contribution in [3.63, 3.8) is 0 Å². The Kier molecular flexibility index (Phi) is 6.02. The number of rotatable bonds is 7. The summed E-state index contributed by atoms with van der Waals surface area (Å²) in [5.74, 6) is 0.811. The van der Waals surface area contributed by atoms with Crippen LogP contribution in [-0.2, 0) is 17.6 Å². The topological polar surface area (TPSA) is 51.2 Å². The van der Waals surface area contributed by atoms with Crippen molar-refractivity contribution in [2.24, 2.45) is 0 Å². The normalized spacial score (nSPS) is 10.5. The SMILES string of the molecule is COc1ccc(CC(=O)NCCc2csc(-c3ccc(C)cc3)n2)cc1.